The molecule has 1 fully saturated rings. The summed E-state index contributed by atoms with van der Waals surface area (Å²) in [5.74, 6) is -0.174. The summed E-state index contributed by atoms with van der Waals surface area (Å²) < 4.78 is 11.2. The Bertz CT molecular complexity index is 858. The molecule has 0 aromatic carbocycles. The fourth-order valence-electron chi connectivity index (χ4n) is 7.39. The van der Waals surface area contributed by atoms with Gasteiger partial charge in [0.25, 0.3) is 0 Å². The van der Waals surface area contributed by atoms with E-state index in [1.54, 1.807) is 6.08 Å². The van der Waals surface area contributed by atoms with Crippen molar-refractivity contribution in [2.75, 3.05) is 13.2 Å². The second kappa shape index (κ2) is 36.3. The van der Waals surface area contributed by atoms with Gasteiger partial charge in [-0.15, -0.1) is 0 Å². The Morgan fingerprint density at radius 1 is 0.611 bits per heavy atom. The smallest absolute Gasteiger partial charge is 0.220 e. The molecule has 0 radical (unpaired) electrons. The zero-order chi connectivity index (χ0) is 39.5. The fraction of sp³-hybridized carbons (Fsp3) is 0.933. The number of nitrogens with one attached hydrogen (secondary N) is 1. The Hall–Kier alpha value is -1.07. The summed E-state index contributed by atoms with van der Waals surface area (Å²) in [6.07, 6.45) is 33.9. The van der Waals surface area contributed by atoms with E-state index in [-0.39, 0.29) is 12.5 Å². The Balaban J connectivity index is 2.33. The largest absolute Gasteiger partial charge is 0.394 e. The Morgan fingerprint density at radius 3 is 1.44 bits per heavy atom. The van der Waals surface area contributed by atoms with E-state index in [1.165, 1.54) is 154 Å². The topological polar surface area (TPSA) is 149 Å². The SMILES string of the molecule is CCCCCCCCCCCCC/C=C/[C@@H](O)[C@H](CO[C@@H]1O[C@H](CO)[C@@H](O)[C@H](O)[C@H]1O)NC(=O)CCCCCCCCCCCCCCCCCCCC. The van der Waals surface area contributed by atoms with Crippen LogP contribution in [0.4, 0.5) is 0 Å². The first-order valence-corrected chi connectivity index (χ1v) is 22.9. The third kappa shape index (κ3) is 26.7. The molecular weight excluding hydrogens is 682 g/mol. The molecule has 1 saturated heterocycles. The highest BCUT2D eigenvalue weighted by Gasteiger charge is 2.44. The average molecular weight is 770 g/mol. The number of rotatable bonds is 38. The number of ether oxygens (including phenoxy) is 2. The number of carbonyl (C=O) groups excluding carboxylic acids is 1. The molecule has 9 heteroatoms. The normalized spacial score (nSPS) is 21.5. The monoisotopic (exact) mass is 770 g/mol. The van der Waals surface area contributed by atoms with E-state index in [4.69, 9.17) is 9.47 Å². The number of amides is 1. The maximum absolute atomic E-state index is 12.9. The van der Waals surface area contributed by atoms with Gasteiger partial charge in [0.2, 0.25) is 5.91 Å². The number of allylic oxidation sites excluding steroid dienone is 1. The van der Waals surface area contributed by atoms with E-state index >= 15 is 0 Å². The van der Waals surface area contributed by atoms with E-state index in [1.807, 2.05) is 6.08 Å². The molecule has 0 spiro atoms. The van der Waals surface area contributed by atoms with Crippen molar-refractivity contribution in [2.45, 2.75) is 256 Å². The molecule has 0 saturated carbocycles. The molecule has 1 rings (SSSR count). The molecule has 9 nitrogen and oxygen atoms in total. The van der Waals surface area contributed by atoms with E-state index in [2.05, 4.69) is 19.2 Å². The molecule has 0 aliphatic carbocycles. The lowest BCUT2D eigenvalue weighted by Gasteiger charge is -2.40. The molecule has 7 atom stereocenters. The van der Waals surface area contributed by atoms with Gasteiger partial charge in [-0.2, -0.15) is 0 Å². The van der Waals surface area contributed by atoms with Gasteiger partial charge < -0.3 is 40.3 Å². The molecule has 320 valence electrons. The Morgan fingerprint density at radius 2 is 1.02 bits per heavy atom. The van der Waals surface area contributed by atoms with Crippen molar-refractivity contribution in [3.05, 3.63) is 12.2 Å². The van der Waals surface area contributed by atoms with Gasteiger partial charge in [0.15, 0.2) is 6.29 Å². The lowest BCUT2D eigenvalue weighted by Crippen LogP contribution is -2.60. The molecule has 0 unspecified atom stereocenters. The zero-order valence-electron chi connectivity index (χ0n) is 35.0. The van der Waals surface area contributed by atoms with Crippen molar-refractivity contribution in [1.82, 2.24) is 5.32 Å². The minimum atomic E-state index is -1.56. The van der Waals surface area contributed by atoms with Crippen molar-refractivity contribution in [2.24, 2.45) is 0 Å². The summed E-state index contributed by atoms with van der Waals surface area (Å²) in [5, 5.41) is 54.1. The van der Waals surface area contributed by atoms with Gasteiger partial charge in [-0.05, 0) is 19.3 Å². The number of unbranched alkanes of at least 4 members (excludes halogenated alkanes) is 28. The Labute approximate surface area is 331 Å². The maximum Gasteiger partial charge on any atom is 0.220 e. The summed E-state index contributed by atoms with van der Waals surface area (Å²) in [6.45, 7) is 3.78. The predicted molar refractivity (Wildman–Crippen MR) is 221 cm³/mol. The lowest BCUT2D eigenvalue weighted by atomic mass is 9.99. The summed E-state index contributed by atoms with van der Waals surface area (Å²) in [5.41, 5.74) is 0. The van der Waals surface area contributed by atoms with E-state index < -0.39 is 49.5 Å². The summed E-state index contributed by atoms with van der Waals surface area (Å²) >= 11 is 0. The van der Waals surface area contributed by atoms with Crippen LogP contribution >= 0.6 is 0 Å². The van der Waals surface area contributed by atoms with Gasteiger partial charge in [-0.25, -0.2) is 0 Å². The lowest BCUT2D eigenvalue weighted by molar-refractivity contribution is -0.302. The minimum absolute atomic E-state index is 0.174. The molecule has 1 amide bonds. The average Bonchev–Trinajstić information content (AvgIpc) is 3.17. The predicted octanol–water partition coefficient (Wildman–Crippen LogP) is 9.34. The second-order valence-electron chi connectivity index (χ2n) is 16.2. The number of carbonyl (C=O) groups is 1. The van der Waals surface area contributed by atoms with Crippen molar-refractivity contribution in [1.29, 1.82) is 0 Å². The van der Waals surface area contributed by atoms with E-state index in [0.717, 1.165) is 38.5 Å². The summed E-state index contributed by atoms with van der Waals surface area (Å²) in [7, 11) is 0. The number of hydrogen-bond donors (Lipinski definition) is 6. The van der Waals surface area contributed by atoms with Crippen molar-refractivity contribution < 1.29 is 39.8 Å². The molecule has 54 heavy (non-hydrogen) atoms. The highest BCUT2D eigenvalue weighted by Crippen LogP contribution is 2.23. The summed E-state index contributed by atoms with van der Waals surface area (Å²) in [4.78, 5) is 12.9. The first kappa shape index (κ1) is 50.9. The second-order valence-corrected chi connectivity index (χ2v) is 16.2. The van der Waals surface area contributed by atoms with Gasteiger partial charge in [-0.1, -0.05) is 199 Å². The van der Waals surface area contributed by atoms with Crippen LogP contribution in [-0.4, -0.2) is 87.5 Å². The molecular formula is C45H87NO8. The third-order valence-electron chi connectivity index (χ3n) is 11.1. The van der Waals surface area contributed by atoms with E-state index in [9.17, 15) is 30.3 Å². The number of aliphatic hydroxyl groups excluding tert-OH is 5. The Kier molecular flexibility index (Phi) is 34.2. The highest BCUT2D eigenvalue weighted by molar-refractivity contribution is 5.76. The molecule has 1 aliphatic rings. The molecule has 1 heterocycles. The van der Waals surface area contributed by atoms with Crippen LogP contribution in [0.2, 0.25) is 0 Å². The van der Waals surface area contributed by atoms with Gasteiger partial charge >= 0.3 is 0 Å². The van der Waals surface area contributed by atoms with Crippen LogP contribution in [-0.2, 0) is 14.3 Å². The minimum Gasteiger partial charge on any atom is -0.394 e. The van der Waals surface area contributed by atoms with Crippen LogP contribution in [0.1, 0.15) is 213 Å². The van der Waals surface area contributed by atoms with Crippen molar-refractivity contribution in [3.8, 4) is 0 Å². The first-order valence-electron chi connectivity index (χ1n) is 22.9. The van der Waals surface area contributed by atoms with Crippen molar-refractivity contribution >= 4 is 5.91 Å². The van der Waals surface area contributed by atoms with Gasteiger partial charge in [0.1, 0.15) is 24.4 Å². The molecule has 0 aromatic rings. The van der Waals surface area contributed by atoms with Gasteiger partial charge in [-0.3, -0.25) is 4.79 Å². The highest BCUT2D eigenvalue weighted by atomic mass is 16.7. The number of hydrogen-bond acceptors (Lipinski definition) is 8. The zero-order valence-corrected chi connectivity index (χ0v) is 35.0. The standard InChI is InChI=1S/C45H87NO8/c1-3-5-7-9-11-13-15-17-18-19-20-21-23-25-27-29-31-33-35-41(49)46-38(37-53-45-44(52)43(51)42(50)40(36-47)54-45)39(48)34-32-30-28-26-24-22-16-14-12-10-8-6-4-2/h32,34,38-40,42-45,47-48,50-52H,3-31,33,35-37H2,1-2H3,(H,46,49)/b34-32+/t38-,39+,40+,42+,43-,44+,45+/m0/s1. The molecule has 0 aromatic heterocycles. The maximum atomic E-state index is 12.9. The van der Waals surface area contributed by atoms with E-state index in [0.29, 0.717) is 6.42 Å². The molecule has 1 aliphatic heterocycles. The van der Waals surface area contributed by atoms with Crippen LogP contribution in [0.5, 0.6) is 0 Å². The third-order valence-corrected chi connectivity index (χ3v) is 11.1. The van der Waals surface area contributed by atoms with Crippen LogP contribution < -0.4 is 5.32 Å². The van der Waals surface area contributed by atoms with Crippen LogP contribution in [0.15, 0.2) is 12.2 Å². The van der Waals surface area contributed by atoms with Crippen LogP contribution in [0, 0.1) is 0 Å². The molecule has 0 bridgehead atoms. The van der Waals surface area contributed by atoms with Crippen LogP contribution in [0.3, 0.4) is 0 Å². The fourth-order valence-corrected chi connectivity index (χ4v) is 7.39. The van der Waals surface area contributed by atoms with Gasteiger partial charge in [0.05, 0.1) is 25.4 Å². The van der Waals surface area contributed by atoms with Crippen molar-refractivity contribution in [3.63, 3.8) is 0 Å². The number of aliphatic hydroxyl groups is 5. The molecule has 6 N–H and O–H groups in total. The summed E-state index contributed by atoms with van der Waals surface area (Å²) in [6, 6.07) is -0.797. The van der Waals surface area contributed by atoms with Gasteiger partial charge in [0, 0.05) is 6.42 Å². The first-order chi connectivity index (χ1) is 26.3. The quantitative estimate of drug-likeness (QED) is 0.0269. The van der Waals surface area contributed by atoms with Crippen LogP contribution in [0.25, 0.3) is 0 Å².